The topological polar surface area (TPSA) is 72.3 Å². The van der Waals surface area contributed by atoms with Crippen molar-refractivity contribution < 1.29 is 4.79 Å². The largest absolute Gasteiger partial charge is 0.370 e. The van der Waals surface area contributed by atoms with Crippen molar-refractivity contribution in [1.82, 2.24) is 0 Å². The van der Waals surface area contributed by atoms with Gasteiger partial charge < -0.3 is 16.4 Å². The average Bonchev–Trinajstić information content (AvgIpc) is 2.77. The summed E-state index contributed by atoms with van der Waals surface area (Å²) in [5, 5.41) is 0. The summed E-state index contributed by atoms with van der Waals surface area (Å²) in [6, 6.07) is 6.13. The summed E-state index contributed by atoms with van der Waals surface area (Å²) >= 11 is 0. The molecule has 1 amide bonds. The number of nitrogens with zero attached hydrogens (tertiary/aromatic N) is 1. The number of para-hydroxylation sites is 1. The molecule has 0 aliphatic carbocycles. The molecule has 1 saturated heterocycles. The van der Waals surface area contributed by atoms with Gasteiger partial charge in [0.05, 0.1) is 5.92 Å². The third-order valence-corrected chi connectivity index (χ3v) is 3.45. The third-order valence-electron chi connectivity index (χ3n) is 3.45. The molecule has 0 spiro atoms. The number of primary amides is 1. The highest BCUT2D eigenvalue weighted by Crippen LogP contribution is 2.30. The average molecular weight is 233 g/mol. The maximum absolute atomic E-state index is 11.2. The fourth-order valence-corrected chi connectivity index (χ4v) is 2.53. The van der Waals surface area contributed by atoms with E-state index in [2.05, 4.69) is 17.9 Å². The van der Waals surface area contributed by atoms with E-state index in [-0.39, 0.29) is 11.8 Å². The van der Waals surface area contributed by atoms with Crippen molar-refractivity contribution in [3.63, 3.8) is 0 Å². The van der Waals surface area contributed by atoms with E-state index in [0.29, 0.717) is 13.1 Å². The van der Waals surface area contributed by atoms with E-state index in [1.807, 2.05) is 12.1 Å². The van der Waals surface area contributed by atoms with E-state index in [0.717, 1.165) is 18.5 Å². The van der Waals surface area contributed by atoms with Crippen molar-refractivity contribution in [2.24, 2.45) is 17.4 Å². The van der Waals surface area contributed by atoms with E-state index < -0.39 is 0 Å². The van der Waals surface area contributed by atoms with Gasteiger partial charge in [-0.05, 0) is 24.5 Å². The van der Waals surface area contributed by atoms with Crippen LogP contribution in [0.2, 0.25) is 0 Å². The highest BCUT2D eigenvalue weighted by Gasteiger charge is 2.28. The number of benzene rings is 1. The van der Waals surface area contributed by atoms with Crippen LogP contribution < -0.4 is 16.4 Å². The minimum absolute atomic E-state index is 0.0276. The number of aryl methyl sites for hydroxylation is 1. The highest BCUT2D eigenvalue weighted by atomic mass is 16.1. The zero-order chi connectivity index (χ0) is 12.4. The molecule has 2 rings (SSSR count). The van der Waals surface area contributed by atoms with Crippen molar-refractivity contribution >= 4 is 11.6 Å². The fraction of sp³-hybridized carbons (Fsp3) is 0.462. The van der Waals surface area contributed by atoms with Crippen LogP contribution in [-0.2, 0) is 11.3 Å². The Bertz CT molecular complexity index is 431. The van der Waals surface area contributed by atoms with E-state index in [1.54, 1.807) is 0 Å². The Morgan fingerprint density at radius 1 is 1.53 bits per heavy atom. The fourth-order valence-electron chi connectivity index (χ4n) is 2.53. The standard InChI is InChI=1S/C13H19N3O/c1-9-3-2-4-10(7-14)12(9)16-6-5-11(8-16)13(15)17/h2-4,11H,5-8,14H2,1H3,(H2,15,17). The second-order valence-corrected chi connectivity index (χ2v) is 4.62. The van der Waals surface area contributed by atoms with Gasteiger partial charge in [0.2, 0.25) is 5.91 Å². The lowest BCUT2D eigenvalue weighted by Crippen LogP contribution is -2.28. The third kappa shape index (κ3) is 2.26. The summed E-state index contributed by atoms with van der Waals surface area (Å²) in [6.07, 6.45) is 0.841. The van der Waals surface area contributed by atoms with Crippen LogP contribution >= 0.6 is 0 Å². The Labute approximate surface area is 102 Å². The molecule has 4 N–H and O–H groups in total. The predicted molar refractivity (Wildman–Crippen MR) is 68.6 cm³/mol. The van der Waals surface area contributed by atoms with Gasteiger partial charge in [-0.2, -0.15) is 0 Å². The molecule has 1 atom stereocenters. The quantitative estimate of drug-likeness (QED) is 0.809. The summed E-state index contributed by atoms with van der Waals surface area (Å²) in [7, 11) is 0. The predicted octanol–water partition coefficient (Wildman–Crippen LogP) is 0.765. The molecule has 0 saturated carbocycles. The van der Waals surface area contributed by atoms with Gasteiger partial charge in [-0.3, -0.25) is 4.79 Å². The SMILES string of the molecule is Cc1cccc(CN)c1N1CCC(C(N)=O)C1. The Balaban J connectivity index is 2.26. The Hall–Kier alpha value is -1.55. The molecule has 4 nitrogen and oxygen atoms in total. The maximum Gasteiger partial charge on any atom is 0.222 e. The lowest BCUT2D eigenvalue weighted by Gasteiger charge is -2.23. The zero-order valence-electron chi connectivity index (χ0n) is 10.1. The summed E-state index contributed by atoms with van der Waals surface area (Å²) in [5.41, 5.74) is 14.6. The Morgan fingerprint density at radius 3 is 2.88 bits per heavy atom. The van der Waals surface area contributed by atoms with E-state index in [9.17, 15) is 4.79 Å². The number of carbonyl (C=O) groups excluding carboxylic acids is 1. The van der Waals surface area contributed by atoms with Crippen molar-refractivity contribution in [2.45, 2.75) is 19.9 Å². The van der Waals surface area contributed by atoms with Gasteiger partial charge in [0, 0.05) is 25.3 Å². The van der Waals surface area contributed by atoms with Gasteiger partial charge in [-0.25, -0.2) is 0 Å². The van der Waals surface area contributed by atoms with Gasteiger partial charge in [0.15, 0.2) is 0 Å². The summed E-state index contributed by atoms with van der Waals surface area (Å²) in [5.74, 6) is -0.226. The van der Waals surface area contributed by atoms with Crippen molar-refractivity contribution in [1.29, 1.82) is 0 Å². The molecule has 1 aliphatic rings. The minimum Gasteiger partial charge on any atom is -0.370 e. The summed E-state index contributed by atoms with van der Waals surface area (Å²) in [4.78, 5) is 13.4. The number of rotatable bonds is 3. The van der Waals surface area contributed by atoms with E-state index in [4.69, 9.17) is 11.5 Å². The number of anilines is 1. The van der Waals surface area contributed by atoms with E-state index in [1.165, 1.54) is 11.3 Å². The summed E-state index contributed by atoms with van der Waals surface area (Å²) in [6.45, 7) is 4.19. The number of hydrogen-bond acceptors (Lipinski definition) is 3. The van der Waals surface area contributed by atoms with Gasteiger partial charge >= 0.3 is 0 Å². The van der Waals surface area contributed by atoms with Crippen molar-refractivity contribution in [2.75, 3.05) is 18.0 Å². The first-order valence-corrected chi connectivity index (χ1v) is 5.96. The van der Waals surface area contributed by atoms with Gasteiger partial charge in [0.25, 0.3) is 0 Å². The van der Waals surface area contributed by atoms with Gasteiger partial charge in [-0.1, -0.05) is 18.2 Å². The van der Waals surface area contributed by atoms with Crippen LogP contribution in [0.15, 0.2) is 18.2 Å². The molecule has 1 unspecified atom stereocenters. The van der Waals surface area contributed by atoms with E-state index >= 15 is 0 Å². The molecule has 1 aliphatic heterocycles. The molecule has 92 valence electrons. The molecule has 1 aromatic rings. The molecule has 4 heteroatoms. The minimum atomic E-state index is -0.199. The monoisotopic (exact) mass is 233 g/mol. The Kier molecular flexibility index (Phi) is 3.33. The first kappa shape index (κ1) is 11.9. The molecular formula is C13H19N3O. The highest BCUT2D eigenvalue weighted by molar-refractivity contribution is 5.78. The maximum atomic E-state index is 11.2. The van der Waals surface area contributed by atoms with Crippen LogP contribution in [0.25, 0.3) is 0 Å². The van der Waals surface area contributed by atoms with Crippen LogP contribution in [0.3, 0.4) is 0 Å². The number of nitrogens with two attached hydrogens (primary N) is 2. The lowest BCUT2D eigenvalue weighted by molar-refractivity contribution is -0.121. The zero-order valence-corrected chi connectivity index (χ0v) is 10.1. The second kappa shape index (κ2) is 4.75. The number of carbonyl (C=O) groups is 1. The number of amides is 1. The molecule has 17 heavy (non-hydrogen) atoms. The first-order valence-electron chi connectivity index (χ1n) is 5.96. The van der Waals surface area contributed by atoms with Crippen LogP contribution in [0.1, 0.15) is 17.5 Å². The lowest BCUT2D eigenvalue weighted by atomic mass is 10.1. The molecule has 1 fully saturated rings. The molecule has 0 aromatic heterocycles. The first-order chi connectivity index (χ1) is 8.13. The van der Waals surface area contributed by atoms with Crippen LogP contribution in [-0.4, -0.2) is 19.0 Å². The van der Waals surface area contributed by atoms with Crippen LogP contribution in [0, 0.1) is 12.8 Å². The van der Waals surface area contributed by atoms with Gasteiger partial charge in [0.1, 0.15) is 0 Å². The molecule has 1 heterocycles. The molecule has 0 bridgehead atoms. The molecular weight excluding hydrogens is 214 g/mol. The van der Waals surface area contributed by atoms with Crippen LogP contribution in [0.4, 0.5) is 5.69 Å². The molecule has 1 aromatic carbocycles. The normalized spacial score (nSPS) is 19.6. The smallest absolute Gasteiger partial charge is 0.222 e. The molecule has 0 radical (unpaired) electrons. The number of hydrogen-bond donors (Lipinski definition) is 2. The van der Waals surface area contributed by atoms with Crippen molar-refractivity contribution in [3.8, 4) is 0 Å². The Morgan fingerprint density at radius 2 is 2.29 bits per heavy atom. The second-order valence-electron chi connectivity index (χ2n) is 4.62. The van der Waals surface area contributed by atoms with Crippen LogP contribution in [0.5, 0.6) is 0 Å². The summed E-state index contributed by atoms with van der Waals surface area (Å²) < 4.78 is 0. The van der Waals surface area contributed by atoms with Crippen molar-refractivity contribution in [3.05, 3.63) is 29.3 Å². The van der Waals surface area contributed by atoms with Gasteiger partial charge in [-0.15, -0.1) is 0 Å².